The molecule has 0 atom stereocenters. The number of amides is 1. The van der Waals surface area contributed by atoms with Gasteiger partial charge < -0.3 is 14.2 Å². The molecule has 0 aromatic heterocycles. The van der Waals surface area contributed by atoms with E-state index in [1.807, 2.05) is 38.1 Å². The van der Waals surface area contributed by atoms with Crippen LogP contribution in [0, 0.1) is 13.8 Å². The molecule has 3 aromatic carbocycles. The predicted octanol–water partition coefficient (Wildman–Crippen LogP) is 4.06. The van der Waals surface area contributed by atoms with Crippen molar-refractivity contribution in [2.24, 2.45) is 5.10 Å². The number of hydrazone groups is 1. The Kier molecular flexibility index (Phi) is 7.59. The van der Waals surface area contributed by atoms with Crippen molar-refractivity contribution in [3.8, 4) is 17.2 Å². The van der Waals surface area contributed by atoms with Gasteiger partial charge in [-0.3, -0.25) is 4.79 Å². The number of nitrogens with one attached hydrogen (secondary N) is 1. The maximum Gasteiger partial charge on any atom is 0.343 e. The van der Waals surface area contributed by atoms with Crippen LogP contribution >= 0.6 is 0 Å². The number of carbonyl (C=O) groups is 2. The molecule has 3 aromatic rings. The first-order chi connectivity index (χ1) is 15.5. The van der Waals surface area contributed by atoms with Gasteiger partial charge in [0.15, 0.2) is 18.1 Å². The standard InChI is InChI=1S/C25H24N2O5/c1-17-8-7-11-21(18(17)2)31-16-24(28)27-26-15-19-12-13-22(23(14-19)30-3)32-25(29)20-9-5-4-6-10-20/h4-15H,16H2,1-3H3,(H,27,28)/b26-15-. The third-order valence-electron chi connectivity index (χ3n) is 4.72. The molecule has 0 aliphatic carbocycles. The molecule has 0 aliphatic heterocycles. The summed E-state index contributed by atoms with van der Waals surface area (Å²) in [4.78, 5) is 24.3. The molecule has 1 amide bonds. The third-order valence-corrected chi connectivity index (χ3v) is 4.72. The zero-order valence-corrected chi connectivity index (χ0v) is 18.1. The van der Waals surface area contributed by atoms with Crippen molar-refractivity contribution in [2.75, 3.05) is 13.7 Å². The summed E-state index contributed by atoms with van der Waals surface area (Å²) in [6.45, 7) is 3.77. The maximum atomic E-state index is 12.3. The van der Waals surface area contributed by atoms with Crippen molar-refractivity contribution in [2.45, 2.75) is 13.8 Å². The highest BCUT2D eigenvalue weighted by atomic mass is 16.6. The molecule has 3 rings (SSSR count). The summed E-state index contributed by atoms with van der Waals surface area (Å²) >= 11 is 0. The average Bonchev–Trinajstić information content (AvgIpc) is 2.81. The minimum absolute atomic E-state index is 0.153. The lowest BCUT2D eigenvalue weighted by atomic mass is 10.1. The van der Waals surface area contributed by atoms with Crippen molar-refractivity contribution >= 4 is 18.1 Å². The van der Waals surface area contributed by atoms with Crippen LogP contribution in [0.15, 0.2) is 71.8 Å². The van der Waals surface area contributed by atoms with Gasteiger partial charge in [-0.2, -0.15) is 5.10 Å². The van der Waals surface area contributed by atoms with E-state index in [-0.39, 0.29) is 18.3 Å². The van der Waals surface area contributed by atoms with Crippen molar-refractivity contribution in [1.29, 1.82) is 0 Å². The monoisotopic (exact) mass is 432 g/mol. The summed E-state index contributed by atoms with van der Waals surface area (Å²) in [6, 6.07) is 19.3. The molecule has 32 heavy (non-hydrogen) atoms. The van der Waals surface area contributed by atoms with E-state index < -0.39 is 5.97 Å². The summed E-state index contributed by atoms with van der Waals surface area (Å²) in [5.41, 5.74) is 5.59. The zero-order chi connectivity index (χ0) is 22.9. The molecule has 0 aliphatic rings. The number of aryl methyl sites for hydroxylation is 1. The van der Waals surface area contributed by atoms with Gasteiger partial charge in [-0.1, -0.05) is 30.3 Å². The SMILES string of the molecule is COc1cc(/C=N\NC(=O)COc2cccc(C)c2C)ccc1OC(=O)c1ccccc1. The predicted molar refractivity (Wildman–Crippen MR) is 122 cm³/mol. The number of nitrogens with zero attached hydrogens (tertiary/aromatic N) is 1. The number of rotatable bonds is 8. The summed E-state index contributed by atoms with van der Waals surface area (Å²) in [5, 5.41) is 3.94. The van der Waals surface area contributed by atoms with E-state index in [9.17, 15) is 9.59 Å². The first-order valence-corrected chi connectivity index (χ1v) is 9.94. The van der Waals surface area contributed by atoms with Gasteiger partial charge >= 0.3 is 5.97 Å². The minimum Gasteiger partial charge on any atom is -0.493 e. The molecule has 0 saturated heterocycles. The van der Waals surface area contributed by atoms with Crippen LogP contribution in [-0.4, -0.2) is 31.8 Å². The van der Waals surface area contributed by atoms with Gasteiger partial charge in [0, 0.05) is 0 Å². The Bertz CT molecular complexity index is 1130. The normalized spacial score (nSPS) is 10.6. The van der Waals surface area contributed by atoms with E-state index in [2.05, 4.69) is 10.5 Å². The van der Waals surface area contributed by atoms with Crippen LogP contribution in [0.1, 0.15) is 27.0 Å². The molecule has 0 fully saturated rings. The van der Waals surface area contributed by atoms with Crippen LogP contribution in [0.25, 0.3) is 0 Å². The molecule has 1 N–H and O–H groups in total. The number of hydrogen-bond acceptors (Lipinski definition) is 6. The number of ether oxygens (including phenoxy) is 3. The molecule has 0 radical (unpaired) electrons. The van der Waals surface area contributed by atoms with Gasteiger partial charge in [0.1, 0.15) is 5.75 Å². The van der Waals surface area contributed by atoms with Gasteiger partial charge in [-0.05, 0) is 66.9 Å². The van der Waals surface area contributed by atoms with Gasteiger partial charge in [0.05, 0.1) is 18.9 Å². The lowest BCUT2D eigenvalue weighted by molar-refractivity contribution is -0.123. The number of hydrogen-bond donors (Lipinski definition) is 1. The summed E-state index contributed by atoms with van der Waals surface area (Å²) in [5.74, 6) is 0.436. The van der Waals surface area contributed by atoms with Gasteiger partial charge in [0.25, 0.3) is 5.91 Å². The van der Waals surface area contributed by atoms with Crippen LogP contribution in [-0.2, 0) is 4.79 Å². The Hall–Kier alpha value is -4.13. The summed E-state index contributed by atoms with van der Waals surface area (Å²) < 4.78 is 16.3. The Morgan fingerprint density at radius 1 is 0.938 bits per heavy atom. The highest BCUT2D eigenvalue weighted by Gasteiger charge is 2.12. The van der Waals surface area contributed by atoms with Gasteiger partial charge in [-0.15, -0.1) is 0 Å². The molecular formula is C25H24N2O5. The first-order valence-electron chi connectivity index (χ1n) is 9.94. The van der Waals surface area contributed by atoms with Crippen LogP contribution in [0.5, 0.6) is 17.2 Å². The largest absolute Gasteiger partial charge is 0.493 e. The molecule has 0 saturated carbocycles. The van der Waals surface area contributed by atoms with Crippen LogP contribution in [0.3, 0.4) is 0 Å². The second kappa shape index (κ2) is 10.8. The summed E-state index contributed by atoms with van der Waals surface area (Å²) in [6.07, 6.45) is 1.46. The Morgan fingerprint density at radius 3 is 2.47 bits per heavy atom. The topological polar surface area (TPSA) is 86.2 Å². The highest BCUT2D eigenvalue weighted by molar-refractivity contribution is 5.91. The maximum absolute atomic E-state index is 12.3. The van der Waals surface area contributed by atoms with Crippen LogP contribution in [0.2, 0.25) is 0 Å². The van der Waals surface area contributed by atoms with Crippen LogP contribution in [0.4, 0.5) is 0 Å². The molecule has 0 bridgehead atoms. The second-order valence-electron chi connectivity index (χ2n) is 6.95. The first kappa shape index (κ1) is 22.6. The molecule has 0 unspecified atom stereocenters. The number of carbonyl (C=O) groups excluding carboxylic acids is 2. The minimum atomic E-state index is -0.485. The fourth-order valence-corrected chi connectivity index (χ4v) is 2.82. The van der Waals surface area contributed by atoms with Crippen LogP contribution < -0.4 is 19.6 Å². The average molecular weight is 432 g/mol. The van der Waals surface area contributed by atoms with E-state index in [0.29, 0.717) is 22.6 Å². The summed E-state index contributed by atoms with van der Waals surface area (Å²) in [7, 11) is 1.47. The quantitative estimate of drug-likeness (QED) is 0.251. The number of esters is 1. The van der Waals surface area contributed by atoms with E-state index in [4.69, 9.17) is 14.2 Å². The number of methoxy groups -OCH3 is 1. The van der Waals surface area contributed by atoms with Gasteiger partial charge in [-0.25, -0.2) is 10.2 Å². The van der Waals surface area contributed by atoms with Crippen molar-refractivity contribution in [3.05, 3.63) is 89.0 Å². The lowest BCUT2D eigenvalue weighted by Crippen LogP contribution is -2.24. The molecule has 0 spiro atoms. The Balaban J connectivity index is 1.56. The zero-order valence-electron chi connectivity index (χ0n) is 18.1. The molecule has 7 heteroatoms. The highest BCUT2D eigenvalue weighted by Crippen LogP contribution is 2.28. The van der Waals surface area contributed by atoms with E-state index >= 15 is 0 Å². The van der Waals surface area contributed by atoms with E-state index in [1.54, 1.807) is 42.5 Å². The Labute approximate surface area is 186 Å². The molecular weight excluding hydrogens is 408 g/mol. The smallest absolute Gasteiger partial charge is 0.343 e. The molecule has 0 heterocycles. The third kappa shape index (κ3) is 5.95. The second-order valence-corrected chi connectivity index (χ2v) is 6.95. The van der Waals surface area contributed by atoms with E-state index in [1.165, 1.54) is 13.3 Å². The van der Waals surface area contributed by atoms with Crippen molar-refractivity contribution in [3.63, 3.8) is 0 Å². The Morgan fingerprint density at radius 2 is 1.72 bits per heavy atom. The fourth-order valence-electron chi connectivity index (χ4n) is 2.82. The van der Waals surface area contributed by atoms with Crippen molar-refractivity contribution < 1.29 is 23.8 Å². The van der Waals surface area contributed by atoms with Crippen molar-refractivity contribution in [1.82, 2.24) is 5.43 Å². The fraction of sp³-hybridized carbons (Fsp3) is 0.160. The lowest BCUT2D eigenvalue weighted by Gasteiger charge is -2.10. The number of benzene rings is 3. The van der Waals surface area contributed by atoms with E-state index in [0.717, 1.165) is 11.1 Å². The van der Waals surface area contributed by atoms with Gasteiger partial charge in [0.2, 0.25) is 0 Å². The molecule has 164 valence electrons. The molecule has 7 nitrogen and oxygen atoms in total.